The van der Waals surface area contributed by atoms with Crippen molar-refractivity contribution in [3.8, 4) is 0 Å². The zero-order chi connectivity index (χ0) is 11.7. The third-order valence-electron chi connectivity index (χ3n) is 3.05. The van der Waals surface area contributed by atoms with Gasteiger partial charge in [0.15, 0.2) is 0 Å². The van der Waals surface area contributed by atoms with Crippen LogP contribution in [0.15, 0.2) is 6.07 Å². The minimum atomic E-state index is 0.0648. The normalized spacial score (nSPS) is 17.8. The molecule has 5 heteroatoms. The molecule has 0 aromatic carbocycles. The average Bonchev–Trinajstić information content (AvgIpc) is 2.58. The van der Waals surface area contributed by atoms with E-state index in [0.717, 1.165) is 31.6 Å². The van der Waals surface area contributed by atoms with Gasteiger partial charge in [-0.3, -0.25) is 9.48 Å². The van der Waals surface area contributed by atoms with E-state index in [-0.39, 0.29) is 11.9 Å². The van der Waals surface area contributed by atoms with Gasteiger partial charge in [0, 0.05) is 26.2 Å². The number of nitrogens with two attached hydrogens (primary N) is 1. The molecule has 0 radical (unpaired) electrons. The van der Waals surface area contributed by atoms with Crippen molar-refractivity contribution < 1.29 is 4.79 Å². The van der Waals surface area contributed by atoms with Crippen LogP contribution in [0.1, 0.15) is 29.0 Å². The number of likely N-dealkylation sites (tertiary alicyclic amines) is 1. The Labute approximate surface area is 95.2 Å². The van der Waals surface area contributed by atoms with E-state index in [1.54, 1.807) is 11.7 Å². The first-order valence-electron chi connectivity index (χ1n) is 5.63. The molecule has 1 saturated heterocycles. The van der Waals surface area contributed by atoms with Gasteiger partial charge >= 0.3 is 0 Å². The van der Waals surface area contributed by atoms with Gasteiger partial charge in [-0.1, -0.05) is 0 Å². The topological polar surface area (TPSA) is 64.2 Å². The molecule has 16 heavy (non-hydrogen) atoms. The predicted molar refractivity (Wildman–Crippen MR) is 61.1 cm³/mol. The summed E-state index contributed by atoms with van der Waals surface area (Å²) in [5.74, 6) is 0.0648. The Morgan fingerprint density at radius 2 is 2.12 bits per heavy atom. The summed E-state index contributed by atoms with van der Waals surface area (Å²) < 4.78 is 1.65. The summed E-state index contributed by atoms with van der Waals surface area (Å²) in [5.41, 5.74) is 7.35. The van der Waals surface area contributed by atoms with Gasteiger partial charge < -0.3 is 10.6 Å². The van der Waals surface area contributed by atoms with Gasteiger partial charge in [-0.05, 0) is 25.8 Å². The fourth-order valence-corrected chi connectivity index (χ4v) is 2.08. The zero-order valence-corrected chi connectivity index (χ0v) is 9.81. The van der Waals surface area contributed by atoms with Crippen LogP contribution in [0.5, 0.6) is 0 Å². The highest BCUT2D eigenvalue weighted by Crippen LogP contribution is 2.13. The number of carbonyl (C=O) groups excluding carboxylic acids is 1. The molecule has 0 spiro atoms. The fraction of sp³-hybridized carbons (Fsp3) is 0.636. The molecule has 1 aromatic rings. The van der Waals surface area contributed by atoms with E-state index in [2.05, 4.69) is 5.10 Å². The SMILES string of the molecule is Cc1cc(C(=O)N2CCC(N)CC2)n(C)n1. The number of aromatic nitrogens is 2. The number of hydrogen-bond acceptors (Lipinski definition) is 3. The van der Waals surface area contributed by atoms with Crippen LogP contribution in [0, 0.1) is 6.92 Å². The van der Waals surface area contributed by atoms with E-state index in [1.807, 2.05) is 17.9 Å². The third kappa shape index (κ3) is 2.09. The first kappa shape index (κ1) is 11.1. The zero-order valence-electron chi connectivity index (χ0n) is 9.81. The molecule has 5 nitrogen and oxygen atoms in total. The predicted octanol–water partition coefficient (Wildman–Crippen LogP) is 0.292. The van der Waals surface area contributed by atoms with Gasteiger partial charge in [0.25, 0.3) is 5.91 Å². The largest absolute Gasteiger partial charge is 0.337 e. The van der Waals surface area contributed by atoms with Gasteiger partial charge in [0.1, 0.15) is 5.69 Å². The number of piperidine rings is 1. The third-order valence-corrected chi connectivity index (χ3v) is 3.05. The average molecular weight is 222 g/mol. The lowest BCUT2D eigenvalue weighted by Gasteiger charge is -2.30. The highest BCUT2D eigenvalue weighted by Gasteiger charge is 2.23. The van der Waals surface area contributed by atoms with E-state index >= 15 is 0 Å². The molecule has 0 bridgehead atoms. The molecule has 1 aliphatic rings. The molecule has 1 fully saturated rings. The van der Waals surface area contributed by atoms with Gasteiger partial charge in [-0.25, -0.2) is 0 Å². The van der Waals surface area contributed by atoms with E-state index in [1.165, 1.54) is 0 Å². The summed E-state index contributed by atoms with van der Waals surface area (Å²) >= 11 is 0. The molecule has 1 aliphatic heterocycles. The van der Waals surface area contributed by atoms with Crippen LogP contribution in [0.3, 0.4) is 0 Å². The molecule has 2 heterocycles. The first-order valence-corrected chi connectivity index (χ1v) is 5.63. The maximum Gasteiger partial charge on any atom is 0.272 e. The Morgan fingerprint density at radius 1 is 1.50 bits per heavy atom. The van der Waals surface area contributed by atoms with Gasteiger partial charge in [0.2, 0.25) is 0 Å². The summed E-state index contributed by atoms with van der Waals surface area (Å²) in [6.45, 7) is 3.40. The van der Waals surface area contributed by atoms with Gasteiger partial charge in [-0.15, -0.1) is 0 Å². The summed E-state index contributed by atoms with van der Waals surface area (Å²) in [7, 11) is 1.80. The minimum Gasteiger partial charge on any atom is -0.337 e. The summed E-state index contributed by atoms with van der Waals surface area (Å²) in [6, 6.07) is 2.08. The Hall–Kier alpha value is -1.36. The van der Waals surface area contributed by atoms with E-state index in [9.17, 15) is 4.79 Å². The number of aryl methyl sites for hydroxylation is 2. The van der Waals surface area contributed by atoms with Crippen LogP contribution in [0.2, 0.25) is 0 Å². The van der Waals surface area contributed by atoms with E-state index in [4.69, 9.17) is 5.73 Å². The Morgan fingerprint density at radius 3 is 2.62 bits per heavy atom. The lowest BCUT2D eigenvalue weighted by Crippen LogP contribution is -2.43. The van der Waals surface area contributed by atoms with E-state index in [0.29, 0.717) is 5.69 Å². The van der Waals surface area contributed by atoms with Crippen LogP contribution in [0.4, 0.5) is 0 Å². The van der Waals surface area contributed by atoms with Gasteiger partial charge in [-0.2, -0.15) is 5.10 Å². The number of amides is 1. The number of rotatable bonds is 1. The number of hydrogen-bond donors (Lipinski definition) is 1. The molecule has 0 aliphatic carbocycles. The Balaban J connectivity index is 2.10. The molecule has 2 N–H and O–H groups in total. The van der Waals surface area contributed by atoms with Crippen molar-refractivity contribution in [2.24, 2.45) is 12.8 Å². The summed E-state index contributed by atoms with van der Waals surface area (Å²) in [5, 5.41) is 4.19. The van der Waals surface area contributed by atoms with Crippen molar-refractivity contribution in [3.63, 3.8) is 0 Å². The van der Waals surface area contributed by atoms with Crippen molar-refractivity contribution >= 4 is 5.91 Å². The number of nitrogens with zero attached hydrogens (tertiary/aromatic N) is 3. The van der Waals surface area contributed by atoms with Crippen molar-refractivity contribution in [1.82, 2.24) is 14.7 Å². The Bertz CT molecular complexity index is 391. The fourth-order valence-electron chi connectivity index (χ4n) is 2.08. The smallest absolute Gasteiger partial charge is 0.272 e. The molecule has 1 aromatic heterocycles. The van der Waals surface area contributed by atoms with Crippen LogP contribution >= 0.6 is 0 Å². The Kier molecular flexibility index (Phi) is 2.96. The van der Waals surface area contributed by atoms with Crippen molar-refractivity contribution in [2.75, 3.05) is 13.1 Å². The van der Waals surface area contributed by atoms with Crippen LogP contribution < -0.4 is 5.73 Å². The highest BCUT2D eigenvalue weighted by molar-refractivity contribution is 5.92. The maximum atomic E-state index is 12.2. The van der Waals surface area contributed by atoms with E-state index < -0.39 is 0 Å². The lowest BCUT2D eigenvalue weighted by molar-refractivity contribution is 0.0703. The molecule has 0 unspecified atom stereocenters. The van der Waals surface area contributed by atoms with Crippen molar-refractivity contribution in [2.45, 2.75) is 25.8 Å². The minimum absolute atomic E-state index is 0.0648. The number of carbonyl (C=O) groups is 1. The maximum absolute atomic E-state index is 12.2. The lowest BCUT2D eigenvalue weighted by atomic mass is 10.1. The quantitative estimate of drug-likeness (QED) is 0.743. The molecular weight excluding hydrogens is 204 g/mol. The monoisotopic (exact) mass is 222 g/mol. The molecule has 2 rings (SSSR count). The van der Waals surface area contributed by atoms with Gasteiger partial charge in [0.05, 0.1) is 5.69 Å². The molecule has 1 amide bonds. The second-order valence-electron chi connectivity index (χ2n) is 4.42. The standard InChI is InChI=1S/C11H18N4O/c1-8-7-10(14(2)13-8)11(16)15-5-3-9(12)4-6-15/h7,9H,3-6,12H2,1-2H3. The summed E-state index contributed by atoms with van der Waals surface area (Å²) in [4.78, 5) is 14.0. The highest BCUT2D eigenvalue weighted by atomic mass is 16.2. The van der Waals surface area contributed by atoms with Crippen LogP contribution in [-0.2, 0) is 7.05 Å². The van der Waals surface area contributed by atoms with Crippen LogP contribution in [-0.4, -0.2) is 39.7 Å². The summed E-state index contributed by atoms with van der Waals surface area (Å²) in [6.07, 6.45) is 1.78. The second-order valence-corrected chi connectivity index (χ2v) is 4.42. The molecular formula is C11H18N4O. The first-order chi connectivity index (χ1) is 7.58. The van der Waals surface area contributed by atoms with Crippen molar-refractivity contribution in [1.29, 1.82) is 0 Å². The molecule has 0 saturated carbocycles. The second kappa shape index (κ2) is 4.25. The molecule has 0 atom stereocenters. The van der Waals surface area contributed by atoms with Crippen molar-refractivity contribution in [3.05, 3.63) is 17.5 Å². The van der Waals surface area contributed by atoms with Crippen LogP contribution in [0.25, 0.3) is 0 Å². The molecule has 88 valence electrons.